The van der Waals surface area contributed by atoms with Crippen LogP contribution >= 0.6 is 0 Å². The molecule has 1 aromatic carbocycles. The Balaban J connectivity index is 1.93. The first-order valence-corrected chi connectivity index (χ1v) is 5.66. The van der Waals surface area contributed by atoms with Gasteiger partial charge in [0.05, 0.1) is 6.10 Å². The van der Waals surface area contributed by atoms with Crippen molar-refractivity contribution in [2.24, 2.45) is 5.92 Å². The van der Waals surface area contributed by atoms with Crippen LogP contribution in [0.2, 0.25) is 0 Å². The topological polar surface area (TPSA) is 20.2 Å². The molecule has 2 heteroatoms. The zero-order valence-corrected chi connectivity index (χ0v) is 8.82. The van der Waals surface area contributed by atoms with Gasteiger partial charge in [0.1, 0.15) is 5.82 Å². The Bertz CT molecular complexity index is 307. The van der Waals surface area contributed by atoms with Gasteiger partial charge in [-0.15, -0.1) is 0 Å². The second kappa shape index (κ2) is 4.75. The van der Waals surface area contributed by atoms with Gasteiger partial charge < -0.3 is 5.11 Å². The van der Waals surface area contributed by atoms with E-state index in [1.54, 1.807) is 0 Å². The van der Waals surface area contributed by atoms with Crippen LogP contribution in [-0.2, 0) is 6.42 Å². The quantitative estimate of drug-likeness (QED) is 0.792. The van der Waals surface area contributed by atoms with Crippen LogP contribution < -0.4 is 0 Å². The fraction of sp³-hybridized carbons (Fsp3) is 0.538. The van der Waals surface area contributed by atoms with E-state index < -0.39 is 0 Å². The maximum absolute atomic E-state index is 12.7. The number of rotatable bonds is 2. The van der Waals surface area contributed by atoms with Gasteiger partial charge in [0.25, 0.3) is 0 Å². The summed E-state index contributed by atoms with van der Waals surface area (Å²) in [7, 11) is 0. The first kappa shape index (κ1) is 10.6. The Labute approximate surface area is 89.9 Å². The van der Waals surface area contributed by atoms with Crippen molar-refractivity contribution in [2.75, 3.05) is 0 Å². The molecular formula is C13H17FO. The van der Waals surface area contributed by atoms with Crippen LogP contribution in [0.1, 0.15) is 31.2 Å². The highest BCUT2D eigenvalue weighted by Crippen LogP contribution is 2.27. The van der Waals surface area contributed by atoms with Crippen molar-refractivity contribution in [2.45, 2.75) is 38.2 Å². The van der Waals surface area contributed by atoms with Crippen LogP contribution in [0.5, 0.6) is 0 Å². The Morgan fingerprint density at radius 3 is 2.60 bits per heavy atom. The summed E-state index contributed by atoms with van der Waals surface area (Å²) in [6, 6.07) is 6.70. The lowest BCUT2D eigenvalue weighted by atomic mass is 9.83. The first-order valence-electron chi connectivity index (χ1n) is 5.66. The number of aliphatic hydroxyl groups excluding tert-OH is 1. The van der Waals surface area contributed by atoms with E-state index in [1.165, 1.54) is 24.1 Å². The van der Waals surface area contributed by atoms with E-state index in [-0.39, 0.29) is 11.9 Å². The molecule has 2 rings (SSSR count). The fourth-order valence-electron chi connectivity index (χ4n) is 2.40. The molecule has 1 fully saturated rings. The second-order valence-electron chi connectivity index (χ2n) is 4.52. The van der Waals surface area contributed by atoms with Crippen LogP contribution in [-0.4, -0.2) is 11.2 Å². The zero-order valence-electron chi connectivity index (χ0n) is 8.82. The standard InChI is InChI=1S/C13H17FO/c14-12-6-4-10(5-7-12)8-11-2-1-3-13(15)9-11/h4-7,11,13,15H,1-3,8-9H2. The minimum Gasteiger partial charge on any atom is -0.393 e. The van der Waals surface area contributed by atoms with Crippen molar-refractivity contribution in [3.05, 3.63) is 35.6 Å². The highest BCUT2D eigenvalue weighted by Gasteiger charge is 2.20. The lowest BCUT2D eigenvalue weighted by molar-refractivity contribution is 0.101. The van der Waals surface area contributed by atoms with Gasteiger partial charge in [-0.05, 0) is 49.3 Å². The average Bonchev–Trinajstić information content (AvgIpc) is 2.22. The van der Waals surface area contributed by atoms with E-state index in [4.69, 9.17) is 0 Å². The van der Waals surface area contributed by atoms with Gasteiger partial charge in [0, 0.05) is 0 Å². The predicted octanol–water partition coefficient (Wildman–Crippen LogP) is 2.92. The van der Waals surface area contributed by atoms with Gasteiger partial charge in [-0.2, -0.15) is 0 Å². The van der Waals surface area contributed by atoms with Gasteiger partial charge in [-0.25, -0.2) is 4.39 Å². The van der Waals surface area contributed by atoms with Crippen molar-refractivity contribution in [3.8, 4) is 0 Å². The molecule has 82 valence electrons. The molecular weight excluding hydrogens is 191 g/mol. The van der Waals surface area contributed by atoms with E-state index in [2.05, 4.69) is 0 Å². The number of benzene rings is 1. The van der Waals surface area contributed by atoms with E-state index in [1.807, 2.05) is 12.1 Å². The predicted molar refractivity (Wildman–Crippen MR) is 58.1 cm³/mol. The Morgan fingerprint density at radius 2 is 1.93 bits per heavy atom. The molecule has 0 aliphatic heterocycles. The van der Waals surface area contributed by atoms with Gasteiger partial charge in [0.15, 0.2) is 0 Å². The molecule has 15 heavy (non-hydrogen) atoms. The molecule has 0 amide bonds. The van der Waals surface area contributed by atoms with E-state index in [0.717, 1.165) is 25.7 Å². The third kappa shape index (κ3) is 3.03. The lowest BCUT2D eigenvalue weighted by Gasteiger charge is -2.25. The fourth-order valence-corrected chi connectivity index (χ4v) is 2.40. The van der Waals surface area contributed by atoms with Crippen LogP contribution in [0.15, 0.2) is 24.3 Å². The number of halogens is 1. The van der Waals surface area contributed by atoms with Gasteiger partial charge in [-0.3, -0.25) is 0 Å². The summed E-state index contributed by atoms with van der Waals surface area (Å²) >= 11 is 0. The summed E-state index contributed by atoms with van der Waals surface area (Å²) in [5, 5.41) is 9.54. The molecule has 1 aromatic rings. The summed E-state index contributed by atoms with van der Waals surface area (Å²) in [4.78, 5) is 0. The second-order valence-corrected chi connectivity index (χ2v) is 4.52. The maximum atomic E-state index is 12.7. The third-order valence-corrected chi connectivity index (χ3v) is 3.19. The molecule has 0 radical (unpaired) electrons. The molecule has 1 saturated carbocycles. The van der Waals surface area contributed by atoms with Gasteiger partial charge in [-0.1, -0.05) is 18.6 Å². The summed E-state index contributed by atoms with van der Waals surface area (Å²) in [5.41, 5.74) is 1.18. The molecule has 0 bridgehead atoms. The maximum Gasteiger partial charge on any atom is 0.123 e. The highest BCUT2D eigenvalue weighted by molar-refractivity contribution is 5.16. The van der Waals surface area contributed by atoms with Crippen LogP contribution in [0.3, 0.4) is 0 Å². The Hall–Kier alpha value is -0.890. The molecule has 2 atom stereocenters. The molecule has 2 unspecified atom stereocenters. The minimum atomic E-state index is -0.178. The summed E-state index contributed by atoms with van der Waals surface area (Å²) < 4.78 is 12.7. The highest BCUT2D eigenvalue weighted by atomic mass is 19.1. The van der Waals surface area contributed by atoms with Crippen LogP contribution in [0.4, 0.5) is 4.39 Å². The molecule has 1 nitrogen and oxygen atoms in total. The number of hydrogen-bond donors (Lipinski definition) is 1. The molecule has 0 saturated heterocycles. The van der Waals surface area contributed by atoms with Gasteiger partial charge >= 0.3 is 0 Å². The van der Waals surface area contributed by atoms with Crippen molar-refractivity contribution in [1.29, 1.82) is 0 Å². The normalized spacial score (nSPS) is 26.5. The lowest BCUT2D eigenvalue weighted by Crippen LogP contribution is -2.20. The minimum absolute atomic E-state index is 0.121. The molecule has 0 aromatic heterocycles. The molecule has 1 aliphatic rings. The average molecular weight is 208 g/mol. The SMILES string of the molecule is OC1CCCC(Cc2ccc(F)cc2)C1. The van der Waals surface area contributed by atoms with Crippen LogP contribution in [0, 0.1) is 11.7 Å². The van der Waals surface area contributed by atoms with Gasteiger partial charge in [0.2, 0.25) is 0 Å². The van der Waals surface area contributed by atoms with Crippen molar-refractivity contribution < 1.29 is 9.50 Å². The molecule has 1 aliphatic carbocycles. The van der Waals surface area contributed by atoms with E-state index >= 15 is 0 Å². The Kier molecular flexibility index (Phi) is 3.37. The Morgan fingerprint density at radius 1 is 1.20 bits per heavy atom. The van der Waals surface area contributed by atoms with Crippen molar-refractivity contribution in [1.82, 2.24) is 0 Å². The monoisotopic (exact) mass is 208 g/mol. The summed E-state index contributed by atoms with van der Waals surface area (Å²) in [6.45, 7) is 0. The van der Waals surface area contributed by atoms with E-state index in [0.29, 0.717) is 5.92 Å². The zero-order chi connectivity index (χ0) is 10.7. The molecule has 0 heterocycles. The molecule has 0 spiro atoms. The summed E-state index contributed by atoms with van der Waals surface area (Å²) in [5.74, 6) is 0.390. The van der Waals surface area contributed by atoms with E-state index in [9.17, 15) is 9.50 Å². The number of aliphatic hydroxyl groups is 1. The molecule has 1 N–H and O–H groups in total. The third-order valence-electron chi connectivity index (χ3n) is 3.19. The van der Waals surface area contributed by atoms with Crippen molar-refractivity contribution in [3.63, 3.8) is 0 Å². The van der Waals surface area contributed by atoms with Crippen molar-refractivity contribution >= 4 is 0 Å². The number of hydrogen-bond acceptors (Lipinski definition) is 1. The van der Waals surface area contributed by atoms with Crippen LogP contribution in [0.25, 0.3) is 0 Å². The largest absolute Gasteiger partial charge is 0.393 e. The summed E-state index contributed by atoms with van der Waals surface area (Å²) in [6.07, 6.45) is 5.00. The smallest absolute Gasteiger partial charge is 0.123 e. The first-order chi connectivity index (χ1) is 7.24.